The molecule has 0 radical (unpaired) electrons. The van der Waals surface area contributed by atoms with Gasteiger partial charge in [0.1, 0.15) is 4.92 Å². The number of rotatable bonds is 4. The van der Waals surface area contributed by atoms with E-state index in [1.54, 1.807) is 16.7 Å². The molecular formula is C20H22N4O5S. The summed E-state index contributed by atoms with van der Waals surface area (Å²) in [5.41, 5.74) is 2.31. The molecule has 2 fully saturated rings. The van der Waals surface area contributed by atoms with Crippen molar-refractivity contribution < 1.29 is 18.9 Å². The van der Waals surface area contributed by atoms with Gasteiger partial charge < -0.3 is 14.2 Å². The first-order chi connectivity index (χ1) is 14.4. The first-order valence-corrected chi connectivity index (χ1v) is 11.0. The van der Waals surface area contributed by atoms with Crippen LogP contribution in [0.1, 0.15) is 51.1 Å². The number of nitro groups is 1. The molecule has 0 spiro atoms. The van der Waals surface area contributed by atoms with E-state index in [1.165, 1.54) is 12.1 Å². The van der Waals surface area contributed by atoms with Crippen molar-refractivity contribution >= 4 is 29.5 Å². The summed E-state index contributed by atoms with van der Waals surface area (Å²) in [6.45, 7) is 3.60. The number of aryl methyl sites for hydroxylation is 1. The summed E-state index contributed by atoms with van der Waals surface area (Å²) in [4.78, 5) is 43.9. The number of pyridine rings is 1. The molecule has 0 bridgehead atoms. The van der Waals surface area contributed by atoms with Crippen LogP contribution >= 0.6 is 11.8 Å². The largest absolute Gasteiger partial charge is 0.433 e. The molecule has 4 heterocycles. The summed E-state index contributed by atoms with van der Waals surface area (Å²) < 4.78 is 5.04. The standard InChI is InChI=1S/C20H22N4O5S/c1-13-2-3-15(19(25)23-10-11-30-12-23)18(21-13)14-6-8-22(9-7-14)20(26)16-4-5-17(29-16)24(27)28/h2-5,14H,6-12H2,1H3. The summed E-state index contributed by atoms with van der Waals surface area (Å²) in [6, 6.07) is 6.25. The molecule has 2 aromatic rings. The number of thioether (sulfide) groups is 1. The van der Waals surface area contributed by atoms with Crippen LogP contribution in [-0.4, -0.2) is 62.8 Å². The monoisotopic (exact) mass is 430 g/mol. The van der Waals surface area contributed by atoms with Crippen molar-refractivity contribution in [1.82, 2.24) is 14.8 Å². The molecule has 2 aromatic heterocycles. The summed E-state index contributed by atoms with van der Waals surface area (Å²) in [5, 5.41) is 10.8. The maximum Gasteiger partial charge on any atom is 0.433 e. The number of carbonyl (C=O) groups is 2. The Hall–Kier alpha value is -2.88. The van der Waals surface area contributed by atoms with E-state index in [9.17, 15) is 19.7 Å². The van der Waals surface area contributed by atoms with Gasteiger partial charge in [-0.15, -0.1) is 11.8 Å². The zero-order valence-corrected chi connectivity index (χ0v) is 17.4. The third kappa shape index (κ3) is 4.04. The number of likely N-dealkylation sites (tertiary alicyclic amines) is 1. The fraction of sp³-hybridized carbons (Fsp3) is 0.450. The fourth-order valence-corrected chi connectivity index (χ4v) is 4.81. The van der Waals surface area contributed by atoms with Crippen molar-refractivity contribution in [2.75, 3.05) is 31.3 Å². The SMILES string of the molecule is Cc1ccc(C(=O)N2CCSC2)c(C2CCN(C(=O)c3ccc([N+](=O)[O-])o3)CC2)n1. The van der Waals surface area contributed by atoms with Crippen LogP contribution in [-0.2, 0) is 0 Å². The second kappa shape index (κ2) is 8.47. The number of hydrogen-bond acceptors (Lipinski definition) is 7. The first kappa shape index (κ1) is 20.4. The summed E-state index contributed by atoms with van der Waals surface area (Å²) >= 11 is 1.74. The normalized spacial score (nSPS) is 17.4. The summed E-state index contributed by atoms with van der Waals surface area (Å²) in [6.07, 6.45) is 1.33. The number of aromatic nitrogens is 1. The lowest BCUT2D eigenvalue weighted by molar-refractivity contribution is -0.402. The Labute approximate surface area is 177 Å². The maximum absolute atomic E-state index is 13.0. The van der Waals surface area contributed by atoms with Crippen LogP contribution in [0.15, 0.2) is 28.7 Å². The van der Waals surface area contributed by atoms with Gasteiger partial charge in [0, 0.05) is 37.0 Å². The molecule has 0 atom stereocenters. The van der Waals surface area contributed by atoms with Gasteiger partial charge in [0.05, 0.1) is 23.2 Å². The van der Waals surface area contributed by atoms with E-state index in [-0.39, 0.29) is 23.5 Å². The van der Waals surface area contributed by atoms with Crippen molar-refractivity contribution in [2.24, 2.45) is 0 Å². The van der Waals surface area contributed by atoms with Crippen molar-refractivity contribution in [3.8, 4) is 0 Å². The molecule has 2 saturated heterocycles. The quantitative estimate of drug-likeness (QED) is 0.541. The molecule has 0 unspecified atom stereocenters. The highest BCUT2D eigenvalue weighted by molar-refractivity contribution is 7.99. The van der Waals surface area contributed by atoms with Crippen LogP contribution in [0.4, 0.5) is 5.88 Å². The minimum absolute atomic E-state index is 0.0175. The van der Waals surface area contributed by atoms with Gasteiger partial charge in [0.15, 0.2) is 5.76 Å². The van der Waals surface area contributed by atoms with Gasteiger partial charge in [-0.05, 0) is 38.0 Å². The minimum atomic E-state index is -0.663. The number of piperidine rings is 1. The molecule has 9 nitrogen and oxygen atoms in total. The van der Waals surface area contributed by atoms with Gasteiger partial charge in [-0.2, -0.15) is 0 Å². The number of amides is 2. The number of furan rings is 1. The molecule has 4 rings (SSSR count). The molecule has 2 amide bonds. The molecular weight excluding hydrogens is 408 g/mol. The third-order valence-corrected chi connectivity index (χ3v) is 6.45. The van der Waals surface area contributed by atoms with E-state index in [4.69, 9.17) is 4.42 Å². The highest BCUT2D eigenvalue weighted by Crippen LogP contribution is 2.31. The van der Waals surface area contributed by atoms with Crippen LogP contribution in [0.25, 0.3) is 0 Å². The second-order valence-electron chi connectivity index (χ2n) is 7.45. The molecule has 0 aromatic carbocycles. The van der Waals surface area contributed by atoms with Crippen molar-refractivity contribution in [3.05, 3.63) is 57.1 Å². The van der Waals surface area contributed by atoms with Crippen LogP contribution in [0.3, 0.4) is 0 Å². The lowest BCUT2D eigenvalue weighted by atomic mass is 9.89. The number of nitrogens with zero attached hydrogens (tertiary/aromatic N) is 4. The van der Waals surface area contributed by atoms with Crippen LogP contribution in [0.2, 0.25) is 0 Å². The molecule has 2 aliphatic rings. The average Bonchev–Trinajstić information content (AvgIpc) is 3.45. The zero-order valence-electron chi connectivity index (χ0n) is 16.6. The van der Waals surface area contributed by atoms with Crippen molar-refractivity contribution in [3.63, 3.8) is 0 Å². The van der Waals surface area contributed by atoms with Crippen LogP contribution in [0.5, 0.6) is 0 Å². The molecule has 158 valence electrons. The molecule has 2 aliphatic heterocycles. The van der Waals surface area contributed by atoms with Gasteiger partial charge in [0.2, 0.25) is 0 Å². The van der Waals surface area contributed by atoms with E-state index in [0.29, 0.717) is 37.4 Å². The Kier molecular flexibility index (Phi) is 5.76. The number of carbonyl (C=O) groups excluding carboxylic acids is 2. The van der Waals surface area contributed by atoms with Crippen LogP contribution < -0.4 is 0 Å². The third-order valence-electron chi connectivity index (χ3n) is 5.49. The van der Waals surface area contributed by atoms with E-state index in [1.807, 2.05) is 24.0 Å². The van der Waals surface area contributed by atoms with Gasteiger partial charge >= 0.3 is 5.88 Å². The van der Waals surface area contributed by atoms with E-state index < -0.39 is 10.8 Å². The Morgan fingerprint density at radius 1 is 1.13 bits per heavy atom. The smallest absolute Gasteiger partial charge is 0.395 e. The Bertz CT molecular complexity index is 977. The predicted octanol–water partition coefficient (Wildman–Crippen LogP) is 3.06. The van der Waals surface area contributed by atoms with Gasteiger partial charge in [-0.1, -0.05) is 0 Å². The molecule has 0 aliphatic carbocycles. The highest BCUT2D eigenvalue weighted by atomic mass is 32.2. The Balaban J connectivity index is 1.47. The van der Waals surface area contributed by atoms with E-state index in [2.05, 4.69) is 4.98 Å². The van der Waals surface area contributed by atoms with Crippen molar-refractivity contribution in [2.45, 2.75) is 25.7 Å². The fourth-order valence-electron chi connectivity index (χ4n) is 3.87. The topological polar surface area (TPSA) is 110 Å². The lowest BCUT2D eigenvalue weighted by Gasteiger charge is -2.32. The van der Waals surface area contributed by atoms with Gasteiger partial charge in [0.25, 0.3) is 11.8 Å². The molecule has 0 saturated carbocycles. The van der Waals surface area contributed by atoms with E-state index in [0.717, 1.165) is 23.7 Å². The second-order valence-corrected chi connectivity index (χ2v) is 8.53. The predicted molar refractivity (Wildman–Crippen MR) is 111 cm³/mol. The average molecular weight is 430 g/mol. The Morgan fingerprint density at radius 3 is 2.53 bits per heavy atom. The van der Waals surface area contributed by atoms with Gasteiger partial charge in [-0.25, -0.2) is 0 Å². The summed E-state index contributed by atoms with van der Waals surface area (Å²) in [5.74, 6) is 0.916. The van der Waals surface area contributed by atoms with Crippen LogP contribution in [0, 0.1) is 17.0 Å². The van der Waals surface area contributed by atoms with Gasteiger partial charge in [-0.3, -0.25) is 24.7 Å². The molecule has 10 heteroatoms. The lowest BCUT2D eigenvalue weighted by Crippen LogP contribution is -2.38. The zero-order chi connectivity index (χ0) is 21.3. The Morgan fingerprint density at radius 2 is 1.90 bits per heavy atom. The number of hydrogen-bond donors (Lipinski definition) is 0. The minimum Gasteiger partial charge on any atom is -0.395 e. The maximum atomic E-state index is 13.0. The molecule has 30 heavy (non-hydrogen) atoms. The summed E-state index contributed by atoms with van der Waals surface area (Å²) in [7, 11) is 0. The highest BCUT2D eigenvalue weighted by Gasteiger charge is 2.31. The van der Waals surface area contributed by atoms with E-state index >= 15 is 0 Å². The molecule has 0 N–H and O–H groups in total. The first-order valence-electron chi connectivity index (χ1n) is 9.82. The van der Waals surface area contributed by atoms with Crippen molar-refractivity contribution in [1.29, 1.82) is 0 Å².